The lowest BCUT2D eigenvalue weighted by molar-refractivity contribution is -0.124. The van der Waals surface area contributed by atoms with Crippen LogP contribution in [0.1, 0.15) is 47.0 Å². The quantitative estimate of drug-likeness (QED) is 0.690. The molecule has 1 heterocycles. The highest BCUT2D eigenvalue weighted by Crippen LogP contribution is 2.22. The summed E-state index contributed by atoms with van der Waals surface area (Å²) in [4.78, 5) is 14.3. The monoisotopic (exact) mass is 197 g/mol. The number of carbonyl (C=O) groups excluding carboxylic acids is 1. The fraction of sp³-hybridized carbons (Fsp3) is 0.917. The molecular formula is C12H23NO. The molecule has 1 rings (SSSR count). The maximum atomic E-state index is 11.9. The molecule has 1 atom stereocenters. The summed E-state index contributed by atoms with van der Waals surface area (Å²) in [6.07, 6.45) is 3.00. The summed E-state index contributed by atoms with van der Waals surface area (Å²) >= 11 is 0. The highest BCUT2D eigenvalue weighted by molar-refractivity contribution is 5.84. The molecule has 1 saturated heterocycles. The Balaban J connectivity index is 2.53. The Morgan fingerprint density at radius 1 is 1.36 bits per heavy atom. The molecule has 2 heteroatoms. The summed E-state index contributed by atoms with van der Waals surface area (Å²) in [5.41, 5.74) is 0. The SMILES string of the molecule is CC(C)CC(=O)C1CCCN1C(C)C. The Morgan fingerprint density at radius 3 is 2.50 bits per heavy atom. The van der Waals surface area contributed by atoms with E-state index in [9.17, 15) is 4.79 Å². The van der Waals surface area contributed by atoms with Gasteiger partial charge in [0.15, 0.2) is 0 Å². The van der Waals surface area contributed by atoms with Gasteiger partial charge in [0.05, 0.1) is 6.04 Å². The van der Waals surface area contributed by atoms with Crippen LogP contribution >= 0.6 is 0 Å². The zero-order chi connectivity index (χ0) is 10.7. The molecular weight excluding hydrogens is 174 g/mol. The average Bonchev–Trinajstić information content (AvgIpc) is 2.49. The van der Waals surface area contributed by atoms with E-state index in [1.807, 2.05) is 0 Å². The molecule has 82 valence electrons. The normalized spacial score (nSPS) is 23.7. The van der Waals surface area contributed by atoms with Gasteiger partial charge in [0, 0.05) is 12.5 Å². The third-order valence-electron chi connectivity index (χ3n) is 2.94. The molecule has 1 fully saturated rings. The number of Topliss-reactive ketones (excluding diaryl/α,β-unsaturated/α-hetero) is 1. The number of hydrogen-bond acceptors (Lipinski definition) is 2. The molecule has 0 amide bonds. The van der Waals surface area contributed by atoms with Crippen LogP contribution in [0.15, 0.2) is 0 Å². The second kappa shape index (κ2) is 4.92. The molecule has 1 aliphatic rings. The second-order valence-corrected chi connectivity index (χ2v) is 5.05. The summed E-state index contributed by atoms with van der Waals surface area (Å²) in [5.74, 6) is 0.948. The van der Waals surface area contributed by atoms with Crippen LogP contribution in [-0.4, -0.2) is 29.3 Å². The first-order valence-corrected chi connectivity index (χ1v) is 5.80. The molecule has 0 saturated carbocycles. The van der Waals surface area contributed by atoms with Crippen molar-refractivity contribution in [1.82, 2.24) is 4.90 Å². The molecule has 2 nitrogen and oxygen atoms in total. The minimum atomic E-state index is 0.220. The van der Waals surface area contributed by atoms with Crippen LogP contribution in [-0.2, 0) is 4.79 Å². The lowest BCUT2D eigenvalue weighted by Crippen LogP contribution is -2.40. The standard InChI is InChI=1S/C12H23NO/c1-9(2)8-12(14)11-6-5-7-13(11)10(3)4/h9-11H,5-8H2,1-4H3. The van der Waals surface area contributed by atoms with Crippen molar-refractivity contribution < 1.29 is 4.79 Å². The fourth-order valence-electron chi connectivity index (χ4n) is 2.29. The van der Waals surface area contributed by atoms with Gasteiger partial charge in [0.2, 0.25) is 0 Å². The number of hydrogen-bond donors (Lipinski definition) is 0. The Morgan fingerprint density at radius 2 is 2.00 bits per heavy atom. The summed E-state index contributed by atoms with van der Waals surface area (Å²) in [6, 6.07) is 0.732. The number of nitrogens with zero attached hydrogens (tertiary/aromatic N) is 1. The van der Waals surface area contributed by atoms with Crippen molar-refractivity contribution in [2.24, 2.45) is 5.92 Å². The Labute approximate surface area is 87.7 Å². The van der Waals surface area contributed by atoms with Crippen molar-refractivity contribution in [2.45, 2.75) is 59.0 Å². The average molecular weight is 197 g/mol. The predicted molar refractivity (Wildman–Crippen MR) is 59.3 cm³/mol. The molecule has 0 spiro atoms. The van der Waals surface area contributed by atoms with Crippen molar-refractivity contribution in [3.8, 4) is 0 Å². The molecule has 0 aromatic carbocycles. The van der Waals surface area contributed by atoms with Gasteiger partial charge in [-0.15, -0.1) is 0 Å². The summed E-state index contributed by atoms with van der Waals surface area (Å²) in [7, 11) is 0. The maximum Gasteiger partial charge on any atom is 0.150 e. The van der Waals surface area contributed by atoms with Gasteiger partial charge in [-0.05, 0) is 39.2 Å². The molecule has 0 radical (unpaired) electrons. The van der Waals surface area contributed by atoms with Crippen LogP contribution < -0.4 is 0 Å². The van der Waals surface area contributed by atoms with Gasteiger partial charge in [-0.25, -0.2) is 0 Å². The van der Waals surface area contributed by atoms with Crippen LogP contribution in [0.25, 0.3) is 0 Å². The zero-order valence-corrected chi connectivity index (χ0v) is 9.92. The summed E-state index contributed by atoms with van der Waals surface area (Å²) < 4.78 is 0. The van der Waals surface area contributed by atoms with Crippen LogP contribution in [0.3, 0.4) is 0 Å². The van der Waals surface area contributed by atoms with E-state index in [2.05, 4.69) is 32.6 Å². The first-order valence-electron chi connectivity index (χ1n) is 5.80. The van der Waals surface area contributed by atoms with Gasteiger partial charge in [0.1, 0.15) is 5.78 Å². The molecule has 0 aliphatic carbocycles. The van der Waals surface area contributed by atoms with Gasteiger partial charge in [-0.3, -0.25) is 9.69 Å². The Hall–Kier alpha value is -0.370. The molecule has 0 aromatic rings. The van der Waals surface area contributed by atoms with E-state index < -0.39 is 0 Å². The Kier molecular flexibility index (Phi) is 4.11. The molecule has 0 aromatic heterocycles. The third-order valence-corrected chi connectivity index (χ3v) is 2.94. The predicted octanol–water partition coefficient (Wildman–Crippen LogP) is 2.47. The zero-order valence-electron chi connectivity index (χ0n) is 9.92. The smallest absolute Gasteiger partial charge is 0.150 e. The van der Waals surface area contributed by atoms with Crippen molar-refractivity contribution in [2.75, 3.05) is 6.54 Å². The first-order chi connectivity index (χ1) is 6.52. The summed E-state index contributed by atoms with van der Waals surface area (Å²) in [5, 5.41) is 0. The van der Waals surface area contributed by atoms with Gasteiger partial charge in [0.25, 0.3) is 0 Å². The van der Waals surface area contributed by atoms with Crippen molar-refractivity contribution in [1.29, 1.82) is 0 Å². The van der Waals surface area contributed by atoms with Crippen molar-refractivity contribution in [3.63, 3.8) is 0 Å². The highest BCUT2D eigenvalue weighted by atomic mass is 16.1. The minimum Gasteiger partial charge on any atom is -0.298 e. The van der Waals surface area contributed by atoms with Gasteiger partial charge < -0.3 is 0 Å². The van der Waals surface area contributed by atoms with Crippen LogP contribution in [0.4, 0.5) is 0 Å². The van der Waals surface area contributed by atoms with E-state index in [0.717, 1.165) is 19.4 Å². The van der Waals surface area contributed by atoms with Crippen LogP contribution in [0.2, 0.25) is 0 Å². The Bertz CT molecular complexity index is 198. The minimum absolute atomic E-state index is 0.220. The van der Waals surface area contributed by atoms with E-state index in [4.69, 9.17) is 0 Å². The molecule has 1 unspecified atom stereocenters. The van der Waals surface area contributed by atoms with Gasteiger partial charge in [-0.1, -0.05) is 13.8 Å². The number of carbonyl (C=O) groups is 1. The topological polar surface area (TPSA) is 20.3 Å². The number of ketones is 1. The van der Waals surface area contributed by atoms with E-state index >= 15 is 0 Å². The van der Waals surface area contributed by atoms with E-state index in [1.165, 1.54) is 6.42 Å². The number of likely N-dealkylation sites (tertiary alicyclic amines) is 1. The third kappa shape index (κ3) is 2.81. The first kappa shape index (κ1) is 11.7. The fourth-order valence-corrected chi connectivity index (χ4v) is 2.29. The molecule has 0 N–H and O–H groups in total. The second-order valence-electron chi connectivity index (χ2n) is 5.05. The van der Waals surface area contributed by atoms with E-state index in [0.29, 0.717) is 17.7 Å². The number of rotatable bonds is 4. The molecule has 1 aliphatic heterocycles. The van der Waals surface area contributed by atoms with E-state index in [-0.39, 0.29) is 6.04 Å². The lowest BCUT2D eigenvalue weighted by Gasteiger charge is -2.27. The largest absolute Gasteiger partial charge is 0.298 e. The van der Waals surface area contributed by atoms with Gasteiger partial charge in [-0.2, -0.15) is 0 Å². The molecule has 14 heavy (non-hydrogen) atoms. The highest BCUT2D eigenvalue weighted by Gasteiger charge is 2.31. The summed E-state index contributed by atoms with van der Waals surface area (Å²) in [6.45, 7) is 9.70. The van der Waals surface area contributed by atoms with Gasteiger partial charge >= 0.3 is 0 Å². The lowest BCUT2D eigenvalue weighted by atomic mass is 10.00. The van der Waals surface area contributed by atoms with Crippen LogP contribution in [0.5, 0.6) is 0 Å². The molecule has 0 bridgehead atoms. The maximum absolute atomic E-state index is 11.9. The van der Waals surface area contributed by atoms with Crippen LogP contribution in [0, 0.1) is 5.92 Å². The van der Waals surface area contributed by atoms with Crippen molar-refractivity contribution >= 4 is 5.78 Å². The van der Waals surface area contributed by atoms with Crippen molar-refractivity contribution in [3.05, 3.63) is 0 Å². The van der Waals surface area contributed by atoms with E-state index in [1.54, 1.807) is 0 Å².